The van der Waals surface area contributed by atoms with E-state index < -0.39 is 17.8 Å². The molecule has 0 aliphatic rings. The molecule has 108 valence electrons. The van der Waals surface area contributed by atoms with E-state index in [0.29, 0.717) is 21.4 Å². The number of urea groups is 1. The van der Waals surface area contributed by atoms with E-state index in [9.17, 15) is 14.0 Å². The number of nitrogens with two attached hydrogens (primary N) is 1. The van der Waals surface area contributed by atoms with Crippen molar-refractivity contribution in [2.24, 2.45) is 5.73 Å². The number of hydrogen-bond donors (Lipinski definition) is 3. The number of benzene rings is 2. The quantitative estimate of drug-likeness (QED) is 0.792. The van der Waals surface area contributed by atoms with Crippen molar-refractivity contribution in [3.8, 4) is 0 Å². The summed E-state index contributed by atoms with van der Waals surface area (Å²) in [5.74, 6) is -0.843. The Balaban J connectivity index is 2.17. The lowest BCUT2D eigenvalue weighted by Crippen LogP contribution is -2.19. The van der Waals surface area contributed by atoms with E-state index >= 15 is 0 Å². The van der Waals surface area contributed by atoms with Crippen LogP contribution in [0.1, 0.15) is 10.4 Å². The van der Waals surface area contributed by atoms with Crippen LogP contribution in [0.15, 0.2) is 46.9 Å². The Morgan fingerprint density at radius 3 is 2.33 bits per heavy atom. The Morgan fingerprint density at radius 1 is 1.05 bits per heavy atom. The fourth-order valence-corrected chi connectivity index (χ4v) is 2.22. The zero-order valence-corrected chi connectivity index (χ0v) is 12.3. The molecule has 0 saturated heterocycles. The minimum Gasteiger partial charge on any atom is -0.351 e. The molecule has 0 aliphatic carbocycles. The van der Waals surface area contributed by atoms with Crippen molar-refractivity contribution in [1.29, 1.82) is 0 Å². The summed E-state index contributed by atoms with van der Waals surface area (Å²) in [5.41, 5.74) is 6.25. The van der Waals surface area contributed by atoms with Gasteiger partial charge in [0.25, 0.3) is 5.91 Å². The van der Waals surface area contributed by atoms with Crippen molar-refractivity contribution in [1.82, 2.24) is 0 Å². The molecule has 0 aromatic heterocycles. The van der Waals surface area contributed by atoms with E-state index in [-0.39, 0.29) is 0 Å². The van der Waals surface area contributed by atoms with Gasteiger partial charge in [-0.25, -0.2) is 9.18 Å². The molecule has 0 aliphatic heterocycles. The van der Waals surface area contributed by atoms with Crippen LogP contribution in [0.5, 0.6) is 0 Å². The van der Waals surface area contributed by atoms with Gasteiger partial charge in [-0.3, -0.25) is 4.79 Å². The highest BCUT2D eigenvalue weighted by Crippen LogP contribution is 2.21. The number of halogens is 2. The number of anilines is 2. The first-order valence-electron chi connectivity index (χ1n) is 5.88. The van der Waals surface area contributed by atoms with E-state index in [1.807, 2.05) is 0 Å². The number of carbonyl (C=O) groups excluding carboxylic acids is 2. The van der Waals surface area contributed by atoms with Crippen LogP contribution in [-0.4, -0.2) is 11.9 Å². The van der Waals surface area contributed by atoms with Gasteiger partial charge in [-0.2, -0.15) is 0 Å². The van der Waals surface area contributed by atoms with Crippen LogP contribution in [0.3, 0.4) is 0 Å². The van der Waals surface area contributed by atoms with Crippen LogP contribution >= 0.6 is 15.9 Å². The minimum atomic E-state index is -0.695. The maximum atomic E-state index is 13.0. The molecule has 4 N–H and O–H groups in total. The first kappa shape index (κ1) is 15.0. The second kappa shape index (κ2) is 6.36. The van der Waals surface area contributed by atoms with Gasteiger partial charge in [0.05, 0.1) is 5.56 Å². The standard InChI is InChI=1S/C14H11BrFN3O2/c15-12-6-8(16)4-5-11(12)13(20)18-9-2-1-3-10(7-9)19-14(17)21/h1-7H,(H,18,20)(H3,17,19,21). The summed E-state index contributed by atoms with van der Waals surface area (Å²) in [6.07, 6.45) is 0. The molecule has 0 unspecified atom stereocenters. The highest BCUT2D eigenvalue weighted by atomic mass is 79.9. The molecule has 3 amide bonds. The highest BCUT2D eigenvalue weighted by Gasteiger charge is 2.11. The number of primary amides is 1. The fourth-order valence-electron chi connectivity index (χ4n) is 1.69. The summed E-state index contributed by atoms with van der Waals surface area (Å²) in [7, 11) is 0. The molecule has 21 heavy (non-hydrogen) atoms. The van der Waals surface area contributed by atoms with Crippen LogP contribution in [-0.2, 0) is 0 Å². The Labute approximate surface area is 128 Å². The maximum absolute atomic E-state index is 13.0. The normalized spacial score (nSPS) is 10.0. The Kier molecular flexibility index (Phi) is 4.54. The summed E-state index contributed by atoms with van der Waals surface area (Å²) in [6.45, 7) is 0. The van der Waals surface area contributed by atoms with E-state index in [4.69, 9.17) is 5.73 Å². The van der Waals surface area contributed by atoms with Crippen LogP contribution in [0.25, 0.3) is 0 Å². The van der Waals surface area contributed by atoms with Crippen molar-refractivity contribution in [2.45, 2.75) is 0 Å². The van der Waals surface area contributed by atoms with Gasteiger partial charge in [-0.15, -0.1) is 0 Å². The third kappa shape index (κ3) is 4.03. The molecule has 2 rings (SSSR count). The summed E-state index contributed by atoms with van der Waals surface area (Å²) in [6, 6.07) is 9.58. The molecule has 2 aromatic carbocycles. The lowest BCUT2D eigenvalue weighted by atomic mass is 10.2. The zero-order valence-electron chi connectivity index (χ0n) is 10.7. The third-order valence-corrected chi connectivity index (χ3v) is 3.22. The predicted molar refractivity (Wildman–Crippen MR) is 81.7 cm³/mol. The summed E-state index contributed by atoms with van der Waals surface area (Å²) in [5, 5.41) is 5.05. The summed E-state index contributed by atoms with van der Waals surface area (Å²) < 4.78 is 13.4. The van der Waals surface area contributed by atoms with Gasteiger partial charge in [0.2, 0.25) is 0 Å². The number of rotatable bonds is 3. The largest absolute Gasteiger partial charge is 0.351 e. The lowest BCUT2D eigenvalue weighted by Gasteiger charge is -2.09. The molecular formula is C14H11BrFN3O2. The fraction of sp³-hybridized carbons (Fsp3) is 0. The Bertz CT molecular complexity index is 706. The minimum absolute atomic E-state index is 0.296. The summed E-state index contributed by atoms with van der Waals surface area (Å²) >= 11 is 3.13. The molecular weight excluding hydrogens is 341 g/mol. The van der Waals surface area contributed by atoms with Gasteiger partial charge in [0.1, 0.15) is 5.82 Å². The van der Waals surface area contributed by atoms with Gasteiger partial charge in [-0.05, 0) is 52.3 Å². The topological polar surface area (TPSA) is 84.2 Å². The van der Waals surface area contributed by atoms with Gasteiger partial charge in [0.15, 0.2) is 0 Å². The molecule has 0 radical (unpaired) electrons. The highest BCUT2D eigenvalue weighted by molar-refractivity contribution is 9.10. The molecule has 0 heterocycles. The first-order valence-corrected chi connectivity index (χ1v) is 6.68. The zero-order chi connectivity index (χ0) is 15.4. The molecule has 0 atom stereocenters. The molecule has 0 saturated carbocycles. The average Bonchev–Trinajstić information content (AvgIpc) is 2.37. The second-order valence-electron chi connectivity index (χ2n) is 4.15. The van der Waals surface area contributed by atoms with Gasteiger partial charge in [-0.1, -0.05) is 6.07 Å². The van der Waals surface area contributed by atoms with E-state index in [0.717, 1.165) is 0 Å². The maximum Gasteiger partial charge on any atom is 0.316 e. The van der Waals surface area contributed by atoms with E-state index in [2.05, 4.69) is 26.6 Å². The van der Waals surface area contributed by atoms with Gasteiger partial charge in [0, 0.05) is 15.8 Å². The van der Waals surface area contributed by atoms with Crippen molar-refractivity contribution >= 4 is 39.2 Å². The number of nitrogens with one attached hydrogen (secondary N) is 2. The third-order valence-electron chi connectivity index (χ3n) is 2.56. The lowest BCUT2D eigenvalue weighted by molar-refractivity contribution is 0.102. The van der Waals surface area contributed by atoms with Crippen molar-refractivity contribution in [3.63, 3.8) is 0 Å². The monoisotopic (exact) mass is 351 g/mol. The predicted octanol–water partition coefficient (Wildman–Crippen LogP) is 3.33. The first-order chi connectivity index (χ1) is 9.95. The molecule has 7 heteroatoms. The summed E-state index contributed by atoms with van der Waals surface area (Å²) in [4.78, 5) is 22.9. The number of carbonyl (C=O) groups is 2. The van der Waals surface area contributed by atoms with Crippen molar-refractivity contribution in [2.75, 3.05) is 10.6 Å². The molecule has 0 fully saturated rings. The number of amides is 3. The van der Waals surface area contributed by atoms with Crippen LogP contribution in [0.4, 0.5) is 20.6 Å². The number of hydrogen-bond acceptors (Lipinski definition) is 2. The molecule has 5 nitrogen and oxygen atoms in total. The smallest absolute Gasteiger partial charge is 0.316 e. The van der Waals surface area contributed by atoms with Gasteiger partial charge >= 0.3 is 6.03 Å². The van der Waals surface area contributed by atoms with E-state index in [1.54, 1.807) is 24.3 Å². The van der Waals surface area contributed by atoms with Crippen LogP contribution in [0, 0.1) is 5.82 Å². The molecule has 0 bridgehead atoms. The SMILES string of the molecule is NC(=O)Nc1cccc(NC(=O)c2ccc(F)cc2Br)c1. The Hall–Kier alpha value is -2.41. The van der Waals surface area contributed by atoms with Gasteiger partial charge < -0.3 is 16.4 Å². The second-order valence-corrected chi connectivity index (χ2v) is 5.00. The van der Waals surface area contributed by atoms with Crippen molar-refractivity contribution < 1.29 is 14.0 Å². The molecule has 2 aromatic rings. The van der Waals surface area contributed by atoms with Crippen LogP contribution < -0.4 is 16.4 Å². The van der Waals surface area contributed by atoms with Crippen molar-refractivity contribution in [3.05, 3.63) is 58.3 Å². The Morgan fingerprint density at radius 2 is 1.71 bits per heavy atom. The van der Waals surface area contributed by atoms with E-state index in [1.165, 1.54) is 18.2 Å². The average molecular weight is 352 g/mol. The molecule has 0 spiro atoms. The van der Waals surface area contributed by atoms with Crippen LogP contribution in [0.2, 0.25) is 0 Å².